The summed E-state index contributed by atoms with van der Waals surface area (Å²) in [5.74, 6) is 0. The van der Waals surface area contributed by atoms with E-state index >= 15 is 0 Å². The van der Waals surface area contributed by atoms with Crippen molar-refractivity contribution in [2.24, 2.45) is 0 Å². The van der Waals surface area contributed by atoms with Gasteiger partial charge in [0.05, 0.1) is 12.6 Å². The first-order chi connectivity index (χ1) is 7.15. The van der Waals surface area contributed by atoms with E-state index in [9.17, 15) is 5.11 Å². The number of aryl methyl sites for hydroxylation is 1. The molecule has 0 aliphatic rings. The van der Waals surface area contributed by atoms with E-state index < -0.39 is 0 Å². The first-order valence-electron chi connectivity index (χ1n) is 5.18. The third kappa shape index (κ3) is 3.91. The predicted octanol–water partition coefficient (Wildman–Crippen LogP) is 1.24. The fourth-order valence-electron chi connectivity index (χ4n) is 1.44. The number of rotatable bonds is 6. The molecular weight excluding hydrogens is 208 g/mol. The maximum absolute atomic E-state index is 9.32. The van der Waals surface area contributed by atoms with Crippen LogP contribution in [0.5, 0.6) is 0 Å². The molecule has 0 saturated carbocycles. The lowest BCUT2D eigenvalue weighted by molar-refractivity contribution is 0.242. The highest BCUT2D eigenvalue weighted by molar-refractivity contribution is 7.10. The van der Waals surface area contributed by atoms with Gasteiger partial charge < -0.3 is 15.3 Å². The van der Waals surface area contributed by atoms with Gasteiger partial charge in [0.2, 0.25) is 0 Å². The van der Waals surface area contributed by atoms with Crippen molar-refractivity contribution in [3.8, 4) is 0 Å². The van der Waals surface area contributed by atoms with Crippen LogP contribution < -0.4 is 5.32 Å². The van der Waals surface area contributed by atoms with Gasteiger partial charge >= 0.3 is 0 Å². The van der Waals surface area contributed by atoms with Crippen molar-refractivity contribution in [1.82, 2.24) is 10.2 Å². The number of hydrogen-bond acceptors (Lipinski definition) is 4. The summed E-state index contributed by atoms with van der Waals surface area (Å²) >= 11 is 1.70. The van der Waals surface area contributed by atoms with Gasteiger partial charge in [-0.05, 0) is 38.0 Å². The lowest BCUT2D eigenvalue weighted by atomic mass is 10.2. The Morgan fingerprint density at radius 2 is 2.27 bits per heavy atom. The first-order valence-corrected chi connectivity index (χ1v) is 6.06. The minimum Gasteiger partial charge on any atom is -0.394 e. The number of nitrogens with zero attached hydrogens (tertiary/aromatic N) is 1. The molecule has 1 heterocycles. The lowest BCUT2D eigenvalue weighted by Crippen LogP contribution is -2.31. The van der Waals surface area contributed by atoms with Gasteiger partial charge in [-0.15, -0.1) is 11.3 Å². The standard InChI is InChI=1S/C11H20N2OS/c1-9-4-7-15-11(9)10(8-14)12-5-6-13(2)3/h4,7,10,12,14H,5-6,8H2,1-3H3. The molecule has 3 nitrogen and oxygen atoms in total. The molecule has 1 aromatic heterocycles. The van der Waals surface area contributed by atoms with Crippen molar-refractivity contribution in [3.05, 3.63) is 21.9 Å². The van der Waals surface area contributed by atoms with Crippen molar-refractivity contribution in [2.75, 3.05) is 33.8 Å². The molecule has 0 spiro atoms. The van der Waals surface area contributed by atoms with Gasteiger partial charge in [0.1, 0.15) is 0 Å². The Hall–Kier alpha value is -0.420. The van der Waals surface area contributed by atoms with Crippen molar-refractivity contribution in [2.45, 2.75) is 13.0 Å². The van der Waals surface area contributed by atoms with Gasteiger partial charge in [0, 0.05) is 18.0 Å². The molecule has 0 saturated heterocycles. The molecule has 0 aliphatic heterocycles. The van der Waals surface area contributed by atoms with E-state index in [4.69, 9.17) is 0 Å². The SMILES string of the molecule is Cc1ccsc1C(CO)NCCN(C)C. The monoisotopic (exact) mass is 228 g/mol. The number of thiophene rings is 1. The summed E-state index contributed by atoms with van der Waals surface area (Å²) in [4.78, 5) is 3.37. The Kier molecular flexibility index (Phi) is 5.25. The maximum atomic E-state index is 9.32. The van der Waals surface area contributed by atoms with Crippen LogP contribution >= 0.6 is 11.3 Å². The van der Waals surface area contributed by atoms with Crippen molar-refractivity contribution >= 4 is 11.3 Å². The van der Waals surface area contributed by atoms with Crippen LogP contribution in [0.3, 0.4) is 0 Å². The third-order valence-electron chi connectivity index (χ3n) is 2.35. The Balaban J connectivity index is 2.46. The molecule has 0 fully saturated rings. The van der Waals surface area contributed by atoms with Crippen LogP contribution in [0.25, 0.3) is 0 Å². The molecule has 1 unspecified atom stereocenters. The Bertz CT molecular complexity index is 286. The number of hydrogen-bond donors (Lipinski definition) is 2. The minimum atomic E-state index is 0.0879. The van der Waals surface area contributed by atoms with E-state index in [1.54, 1.807) is 11.3 Å². The maximum Gasteiger partial charge on any atom is 0.0652 e. The number of nitrogens with one attached hydrogen (secondary N) is 1. The predicted molar refractivity (Wildman–Crippen MR) is 65.4 cm³/mol. The molecule has 2 N–H and O–H groups in total. The second-order valence-electron chi connectivity index (χ2n) is 3.96. The molecule has 86 valence electrons. The van der Waals surface area contributed by atoms with Gasteiger partial charge in [-0.3, -0.25) is 0 Å². The highest BCUT2D eigenvalue weighted by atomic mass is 32.1. The van der Waals surface area contributed by atoms with E-state index in [-0.39, 0.29) is 12.6 Å². The fraction of sp³-hybridized carbons (Fsp3) is 0.636. The smallest absolute Gasteiger partial charge is 0.0652 e. The molecule has 15 heavy (non-hydrogen) atoms. The number of aliphatic hydroxyl groups excluding tert-OH is 1. The second-order valence-corrected chi connectivity index (χ2v) is 4.91. The molecule has 1 aromatic rings. The topological polar surface area (TPSA) is 35.5 Å². The van der Waals surface area contributed by atoms with Crippen LogP contribution in [-0.4, -0.2) is 43.8 Å². The van der Waals surface area contributed by atoms with Crippen LogP contribution in [-0.2, 0) is 0 Å². The average molecular weight is 228 g/mol. The van der Waals surface area contributed by atoms with Crippen LogP contribution in [0.15, 0.2) is 11.4 Å². The summed E-state index contributed by atoms with van der Waals surface area (Å²) in [6.07, 6.45) is 0. The molecular formula is C11H20N2OS. The average Bonchev–Trinajstić information content (AvgIpc) is 2.59. The van der Waals surface area contributed by atoms with E-state index in [2.05, 4.69) is 28.6 Å². The quantitative estimate of drug-likeness (QED) is 0.769. The van der Waals surface area contributed by atoms with Gasteiger partial charge in [-0.1, -0.05) is 0 Å². The molecule has 0 aromatic carbocycles. The molecule has 0 aliphatic carbocycles. The highest BCUT2D eigenvalue weighted by Crippen LogP contribution is 2.23. The summed E-state index contributed by atoms with van der Waals surface area (Å²) in [5, 5.41) is 14.8. The largest absolute Gasteiger partial charge is 0.394 e. The molecule has 0 bridgehead atoms. The summed E-state index contributed by atoms with van der Waals surface area (Å²) in [5.41, 5.74) is 1.26. The van der Waals surface area contributed by atoms with Gasteiger partial charge in [-0.2, -0.15) is 0 Å². The zero-order valence-electron chi connectivity index (χ0n) is 9.66. The molecule has 0 radical (unpaired) electrons. The highest BCUT2D eigenvalue weighted by Gasteiger charge is 2.12. The first kappa shape index (κ1) is 12.6. The van der Waals surface area contributed by atoms with E-state index in [0.717, 1.165) is 13.1 Å². The summed E-state index contributed by atoms with van der Waals surface area (Å²) in [7, 11) is 4.10. The second kappa shape index (κ2) is 6.23. The molecule has 1 rings (SSSR count). The van der Waals surface area contributed by atoms with Gasteiger partial charge in [-0.25, -0.2) is 0 Å². The molecule has 0 amide bonds. The summed E-state index contributed by atoms with van der Waals surface area (Å²) in [6.45, 7) is 4.13. The van der Waals surface area contributed by atoms with Crippen LogP contribution in [0.2, 0.25) is 0 Å². The Morgan fingerprint density at radius 3 is 2.73 bits per heavy atom. The minimum absolute atomic E-state index is 0.0879. The van der Waals surface area contributed by atoms with E-state index in [0.29, 0.717) is 0 Å². The zero-order valence-corrected chi connectivity index (χ0v) is 10.5. The van der Waals surface area contributed by atoms with Gasteiger partial charge in [0.25, 0.3) is 0 Å². The Labute approximate surface area is 95.7 Å². The fourth-order valence-corrected chi connectivity index (χ4v) is 2.44. The number of aliphatic hydroxyl groups is 1. The van der Waals surface area contributed by atoms with Crippen LogP contribution in [0.4, 0.5) is 0 Å². The van der Waals surface area contributed by atoms with Crippen molar-refractivity contribution < 1.29 is 5.11 Å². The normalized spacial score (nSPS) is 13.4. The summed E-state index contributed by atoms with van der Waals surface area (Å²) < 4.78 is 0. The van der Waals surface area contributed by atoms with Crippen molar-refractivity contribution in [1.29, 1.82) is 0 Å². The third-order valence-corrected chi connectivity index (χ3v) is 3.48. The van der Waals surface area contributed by atoms with E-state index in [1.807, 2.05) is 14.1 Å². The van der Waals surface area contributed by atoms with Crippen molar-refractivity contribution in [3.63, 3.8) is 0 Å². The lowest BCUT2D eigenvalue weighted by Gasteiger charge is -2.17. The summed E-state index contributed by atoms with van der Waals surface area (Å²) in [6, 6.07) is 2.18. The molecule has 1 atom stereocenters. The Morgan fingerprint density at radius 1 is 1.53 bits per heavy atom. The number of likely N-dealkylation sites (N-methyl/N-ethyl adjacent to an activating group) is 1. The molecule has 4 heteroatoms. The zero-order chi connectivity index (χ0) is 11.3. The van der Waals surface area contributed by atoms with Gasteiger partial charge in [0.15, 0.2) is 0 Å². The van der Waals surface area contributed by atoms with E-state index in [1.165, 1.54) is 10.4 Å². The van der Waals surface area contributed by atoms with Crippen LogP contribution in [0.1, 0.15) is 16.5 Å². The van der Waals surface area contributed by atoms with Crippen LogP contribution in [0, 0.1) is 6.92 Å².